The number of carbonyl (C=O) groups is 13. The molecule has 100 heavy (non-hydrogen) atoms. The molecule has 2 aromatic rings. The average molecular weight is 1430 g/mol. The van der Waals surface area contributed by atoms with Crippen molar-refractivity contribution < 1.29 is 102 Å². The normalized spacial score (nSPS) is 15.8. The van der Waals surface area contributed by atoms with Gasteiger partial charge in [-0.3, -0.25) is 71.8 Å². The Morgan fingerprint density at radius 1 is 0.660 bits per heavy atom. The van der Waals surface area contributed by atoms with Gasteiger partial charge >= 0.3 is 7.82 Å². The van der Waals surface area contributed by atoms with Crippen LogP contribution in [0.4, 0.5) is 0 Å². The van der Waals surface area contributed by atoms with Gasteiger partial charge < -0.3 is 111 Å². The number of phenolic OH excluding ortho intramolecular Hbond substituents is 2. The van der Waals surface area contributed by atoms with Gasteiger partial charge in [0.1, 0.15) is 77.7 Å². The third kappa shape index (κ3) is 30.4. The lowest BCUT2D eigenvalue weighted by atomic mass is 10.0. The fraction of sp³-hybridized carbons (Fsp3) is 0.532. The van der Waals surface area contributed by atoms with Gasteiger partial charge in [-0.15, -0.1) is 0 Å². The SMILES string of the molecule is CC(=O)NC(CC(C)C)C(=O)NC(C/C=C/CC(=O)CCC=N)C(=O)NC(CCCN=C(N)N)C(=O)NC(C)C(=O)NC(Cc1ccc(O)cc1)C(=O)NC(C(=O)NC(CO)C(=O)N1CCCC1C(=O)NCC(=O)NC(Cc1ccc(O)cc1)C(=O)NC(CO)C(N)=O)C(C)OP(=O)(O)O. The van der Waals surface area contributed by atoms with Crippen LogP contribution in [0.25, 0.3) is 0 Å². The standard InChI is InChI=1S/C62H93N16O21P/c1-33(2)27-44(70-36(5)81)56(90)73-42(13-7-6-11-39(82)12-8-24-63)55(89)72-43(14-9-25-67-62(65)66)54(88)69-34(3)53(87)74-46(29-38-18-22-41(84)23-19-38)58(92)77-51(35(4)99-100(96,97)98)60(94)76-48(32-80)61(95)78-26-10-15-49(78)59(93)68-30-50(85)71-45(28-37-16-20-40(83)21-17-37)57(91)75-47(31-79)52(64)86/h6-7,16-24,33-35,42-49,51,63,79-80,83-84H,8-15,25-32H2,1-5H3,(H2,64,86)(H,68,93)(H,69,88)(H,70,81)(H,71,85)(H,72,89)(H,73,90)(H,74,87)(H,75,91)(H,76,94)(H,77,92)(H4,65,66,67)(H2,96,97,98)/b7-6+,63-24?. The number of phosphoric acid groups is 1. The third-order valence-electron chi connectivity index (χ3n) is 15.1. The van der Waals surface area contributed by atoms with Gasteiger partial charge in [0.25, 0.3) is 0 Å². The summed E-state index contributed by atoms with van der Waals surface area (Å²) in [5, 5.41) is 71.2. The zero-order valence-electron chi connectivity index (χ0n) is 56.0. The van der Waals surface area contributed by atoms with Crippen LogP contribution >= 0.6 is 7.82 Å². The van der Waals surface area contributed by atoms with Gasteiger partial charge in [-0.1, -0.05) is 50.3 Å². The number of phenols is 2. The molecule has 38 heteroatoms. The molecule has 11 atom stereocenters. The molecule has 0 radical (unpaired) electrons. The maximum absolute atomic E-state index is 14.6. The minimum Gasteiger partial charge on any atom is -0.508 e. The van der Waals surface area contributed by atoms with Gasteiger partial charge in [0.2, 0.25) is 70.9 Å². The molecule has 0 bridgehead atoms. The average Bonchev–Trinajstić information content (AvgIpc) is 1.54. The van der Waals surface area contributed by atoms with Crippen molar-refractivity contribution in [3.05, 3.63) is 71.8 Å². The van der Waals surface area contributed by atoms with Crippen LogP contribution in [0.15, 0.2) is 65.7 Å². The number of nitrogens with zero attached hydrogens (tertiary/aromatic N) is 2. The van der Waals surface area contributed by atoms with E-state index in [1.165, 1.54) is 74.5 Å². The van der Waals surface area contributed by atoms with Crippen molar-refractivity contribution in [2.24, 2.45) is 28.1 Å². The topological polar surface area (TPSA) is 607 Å². The van der Waals surface area contributed by atoms with E-state index < -0.39 is 171 Å². The number of aliphatic hydroxyl groups is 2. The number of hydrogen-bond acceptors (Lipinski definition) is 21. The molecule has 3 rings (SSSR count). The molecule has 1 heterocycles. The predicted molar refractivity (Wildman–Crippen MR) is 357 cm³/mol. The molecule has 0 aromatic heterocycles. The zero-order chi connectivity index (χ0) is 75.0. The first-order chi connectivity index (χ1) is 47.1. The number of benzene rings is 2. The molecule has 0 saturated carbocycles. The van der Waals surface area contributed by atoms with Crippen molar-refractivity contribution in [1.29, 1.82) is 5.41 Å². The van der Waals surface area contributed by atoms with Gasteiger partial charge in [-0.2, -0.15) is 0 Å². The van der Waals surface area contributed by atoms with Gasteiger partial charge in [-0.25, -0.2) is 4.57 Å². The Labute approximate surface area is 575 Å². The summed E-state index contributed by atoms with van der Waals surface area (Å²) in [5.41, 5.74) is 17.0. The van der Waals surface area contributed by atoms with E-state index in [-0.39, 0.29) is 112 Å². The minimum atomic E-state index is -5.53. The number of allylic oxidation sites excluding steroid dienone is 1. The second kappa shape index (κ2) is 42.1. The molecular weight excluding hydrogens is 1340 g/mol. The van der Waals surface area contributed by atoms with Crippen LogP contribution in [0.2, 0.25) is 0 Å². The van der Waals surface area contributed by atoms with E-state index in [0.29, 0.717) is 5.56 Å². The number of nitrogens with one attached hydrogen (secondary N) is 11. The number of aliphatic imine (C=N–C) groups is 1. The van der Waals surface area contributed by atoms with Crippen LogP contribution in [0.3, 0.4) is 0 Å². The molecule has 23 N–H and O–H groups in total. The molecule has 2 aromatic carbocycles. The summed E-state index contributed by atoms with van der Waals surface area (Å²) in [6.45, 7) is 3.85. The van der Waals surface area contributed by atoms with E-state index in [9.17, 15) is 97.1 Å². The highest BCUT2D eigenvalue weighted by atomic mass is 31.2. The van der Waals surface area contributed by atoms with E-state index >= 15 is 0 Å². The number of likely N-dealkylation sites (tertiary alicyclic amines) is 1. The summed E-state index contributed by atoms with van der Waals surface area (Å²) in [7, 11) is -5.53. The highest BCUT2D eigenvalue weighted by molar-refractivity contribution is 7.46. The van der Waals surface area contributed by atoms with Crippen LogP contribution in [-0.2, 0) is 84.3 Å². The van der Waals surface area contributed by atoms with Crippen molar-refractivity contribution in [3.8, 4) is 11.5 Å². The number of Topliss-reactive ketones (excluding diaryl/α,β-unsaturated/α-hetero) is 1. The summed E-state index contributed by atoms with van der Waals surface area (Å²) in [6.07, 6.45) is 1.47. The number of amides is 12. The van der Waals surface area contributed by atoms with Crippen molar-refractivity contribution >= 4 is 96.7 Å². The molecule has 37 nitrogen and oxygen atoms in total. The number of aromatic hydroxyl groups is 2. The third-order valence-corrected chi connectivity index (χ3v) is 15.7. The smallest absolute Gasteiger partial charge is 0.469 e. The Morgan fingerprint density at radius 2 is 1.18 bits per heavy atom. The van der Waals surface area contributed by atoms with Crippen LogP contribution in [0.1, 0.15) is 104 Å². The van der Waals surface area contributed by atoms with Crippen LogP contribution in [0, 0.1) is 11.3 Å². The van der Waals surface area contributed by atoms with Crippen molar-refractivity contribution in [3.63, 3.8) is 0 Å². The van der Waals surface area contributed by atoms with Gasteiger partial charge in [0.05, 0.1) is 25.9 Å². The lowest BCUT2D eigenvalue weighted by Gasteiger charge is -2.31. The molecular formula is C62H93N16O21P. The quantitative estimate of drug-likeness (QED) is 0.00970. The first-order valence-corrected chi connectivity index (χ1v) is 33.4. The molecule has 552 valence electrons. The molecule has 1 saturated heterocycles. The number of guanidine groups is 1. The fourth-order valence-electron chi connectivity index (χ4n) is 10.00. The summed E-state index contributed by atoms with van der Waals surface area (Å²) < 4.78 is 17.0. The number of phosphoric ester groups is 1. The number of hydrogen-bond donors (Lipinski definition) is 20. The number of nitrogens with two attached hydrogens (primary N) is 3. The maximum atomic E-state index is 14.6. The lowest BCUT2D eigenvalue weighted by molar-refractivity contribution is -0.143. The second-order valence-electron chi connectivity index (χ2n) is 23.9. The van der Waals surface area contributed by atoms with Crippen molar-refractivity contribution in [2.75, 3.05) is 32.8 Å². The van der Waals surface area contributed by atoms with Crippen LogP contribution in [-0.4, -0.2) is 223 Å². The Balaban J connectivity index is 1.92. The highest BCUT2D eigenvalue weighted by Crippen LogP contribution is 2.38. The molecule has 0 aliphatic carbocycles. The van der Waals surface area contributed by atoms with Crippen molar-refractivity contribution in [1.82, 2.24) is 58.1 Å². The summed E-state index contributed by atoms with van der Waals surface area (Å²) in [4.78, 5) is 201. The Hall–Kier alpha value is -9.94. The fourth-order valence-corrected chi connectivity index (χ4v) is 10.6. The van der Waals surface area contributed by atoms with E-state index in [1.807, 2.05) is 0 Å². The summed E-state index contributed by atoms with van der Waals surface area (Å²) in [5.74, 6) is -13.0. The molecule has 1 aliphatic rings. The zero-order valence-corrected chi connectivity index (χ0v) is 56.9. The van der Waals surface area contributed by atoms with Crippen LogP contribution < -0.4 is 70.4 Å². The Bertz CT molecular complexity index is 3290. The molecule has 1 aliphatic heterocycles. The largest absolute Gasteiger partial charge is 0.508 e. The monoisotopic (exact) mass is 1430 g/mol. The summed E-state index contributed by atoms with van der Waals surface area (Å²) in [6, 6.07) is -5.24. The van der Waals surface area contributed by atoms with Crippen molar-refractivity contribution in [2.45, 2.75) is 172 Å². The first-order valence-electron chi connectivity index (χ1n) is 31.9. The Kier molecular flexibility index (Phi) is 35.5. The summed E-state index contributed by atoms with van der Waals surface area (Å²) >= 11 is 0. The lowest BCUT2D eigenvalue weighted by Crippen LogP contribution is -2.62. The van der Waals surface area contributed by atoms with Gasteiger partial charge in [-0.05, 0) is 106 Å². The van der Waals surface area contributed by atoms with Crippen LogP contribution in [0.5, 0.6) is 11.5 Å². The van der Waals surface area contributed by atoms with E-state index in [0.717, 1.165) is 18.0 Å². The number of primary amides is 1. The number of carbonyl (C=O) groups excluding carboxylic acids is 13. The minimum absolute atomic E-state index is 0.0188. The van der Waals surface area contributed by atoms with E-state index in [2.05, 4.69) is 58.2 Å². The molecule has 0 spiro atoms. The number of ketones is 1. The van der Waals surface area contributed by atoms with E-state index in [4.69, 9.17) is 27.1 Å². The molecule has 11 unspecified atom stereocenters. The number of rotatable bonds is 43. The number of aliphatic hydroxyl groups excluding tert-OH is 2. The second-order valence-corrected chi connectivity index (χ2v) is 25.1. The first kappa shape index (κ1) is 84.3. The molecule has 12 amide bonds. The molecule has 1 fully saturated rings. The van der Waals surface area contributed by atoms with Gasteiger partial charge in [0.15, 0.2) is 5.96 Å². The highest BCUT2D eigenvalue weighted by Gasteiger charge is 2.41. The maximum Gasteiger partial charge on any atom is 0.469 e. The van der Waals surface area contributed by atoms with E-state index in [1.54, 1.807) is 13.8 Å². The Morgan fingerprint density at radius 3 is 1.72 bits per heavy atom. The van der Waals surface area contributed by atoms with Gasteiger partial charge in [0, 0.05) is 45.7 Å². The predicted octanol–water partition coefficient (Wildman–Crippen LogP) is -5.20.